The number of hydrogen-bond donors (Lipinski definition) is 2. The van der Waals surface area contributed by atoms with Gasteiger partial charge in [0.2, 0.25) is 0 Å². The molecule has 4 heteroatoms. The number of rotatable bonds is 2. The first-order chi connectivity index (χ1) is 5.16. The molecule has 0 unspecified atom stereocenters. The molecule has 3 N–H and O–H groups in total. The lowest BCUT2D eigenvalue weighted by atomic mass is 10.2. The van der Waals surface area contributed by atoms with Crippen LogP contribution in [0.2, 0.25) is 0 Å². The van der Waals surface area contributed by atoms with Gasteiger partial charge in [-0.1, -0.05) is 0 Å². The lowest BCUT2D eigenvalue weighted by Crippen LogP contribution is -2.15. The van der Waals surface area contributed by atoms with Gasteiger partial charge in [-0.25, -0.2) is 0 Å². The van der Waals surface area contributed by atoms with Gasteiger partial charge in [0.1, 0.15) is 11.8 Å². The molecule has 0 heterocycles. The third kappa shape index (κ3) is 1.49. The molecule has 1 amide bonds. The molecule has 0 spiro atoms. The van der Waals surface area contributed by atoms with E-state index in [4.69, 9.17) is 11.0 Å². The second-order valence-electron chi connectivity index (χ2n) is 2.51. The number of aliphatic hydroxyl groups is 1. The quantitative estimate of drug-likeness (QED) is 0.337. The van der Waals surface area contributed by atoms with Crippen LogP contribution >= 0.6 is 0 Å². The Bertz CT molecular complexity index is 258. The van der Waals surface area contributed by atoms with E-state index in [0.29, 0.717) is 0 Å². The molecule has 1 saturated carbocycles. The molecular formula is C7H8N2O2. The Morgan fingerprint density at radius 3 is 2.45 bits per heavy atom. The lowest BCUT2D eigenvalue weighted by molar-refractivity contribution is -0.114. The van der Waals surface area contributed by atoms with Gasteiger partial charge in [0.05, 0.1) is 0 Å². The van der Waals surface area contributed by atoms with E-state index in [9.17, 15) is 9.90 Å². The summed E-state index contributed by atoms with van der Waals surface area (Å²) in [6.07, 6.45) is 1.68. The van der Waals surface area contributed by atoms with Crippen molar-refractivity contribution >= 4 is 5.91 Å². The van der Waals surface area contributed by atoms with Gasteiger partial charge in [-0.3, -0.25) is 4.79 Å². The van der Waals surface area contributed by atoms with Gasteiger partial charge in [-0.2, -0.15) is 5.26 Å². The maximum atomic E-state index is 10.5. The van der Waals surface area contributed by atoms with E-state index in [0.717, 1.165) is 12.8 Å². The average Bonchev–Trinajstić information content (AvgIpc) is 2.68. The molecule has 1 aliphatic rings. The number of hydrogen-bond acceptors (Lipinski definition) is 3. The molecule has 1 rings (SSSR count). The topological polar surface area (TPSA) is 87.1 Å². The number of carbonyl (C=O) groups excluding carboxylic acids is 1. The van der Waals surface area contributed by atoms with Crippen molar-refractivity contribution < 1.29 is 9.90 Å². The normalized spacial score (nSPS) is 18.5. The summed E-state index contributed by atoms with van der Waals surface area (Å²) in [7, 11) is 0. The summed E-state index contributed by atoms with van der Waals surface area (Å²) in [5.41, 5.74) is 4.54. The maximum absolute atomic E-state index is 10.5. The molecule has 0 bridgehead atoms. The van der Waals surface area contributed by atoms with E-state index in [1.54, 1.807) is 6.07 Å². The molecule has 0 saturated heterocycles. The summed E-state index contributed by atoms with van der Waals surface area (Å²) in [5.74, 6) is -0.992. The Hall–Kier alpha value is -1.50. The van der Waals surface area contributed by atoms with Crippen molar-refractivity contribution in [2.24, 2.45) is 11.7 Å². The first-order valence-electron chi connectivity index (χ1n) is 3.30. The highest BCUT2D eigenvalue weighted by molar-refractivity contribution is 5.96. The van der Waals surface area contributed by atoms with Gasteiger partial charge in [0.25, 0.3) is 5.91 Å². The summed E-state index contributed by atoms with van der Waals surface area (Å²) < 4.78 is 0. The van der Waals surface area contributed by atoms with Gasteiger partial charge in [-0.05, 0) is 12.8 Å². The molecule has 0 radical (unpaired) electrons. The zero-order valence-electron chi connectivity index (χ0n) is 5.87. The van der Waals surface area contributed by atoms with Crippen molar-refractivity contribution in [3.63, 3.8) is 0 Å². The number of primary amides is 1. The van der Waals surface area contributed by atoms with Crippen molar-refractivity contribution in [2.45, 2.75) is 12.8 Å². The third-order valence-electron chi connectivity index (χ3n) is 1.58. The molecule has 0 aromatic heterocycles. The zero-order valence-corrected chi connectivity index (χ0v) is 5.87. The Labute approximate surface area is 63.9 Å². The molecule has 58 valence electrons. The predicted octanol–water partition coefficient (Wildman–Crippen LogP) is 0.217. The molecule has 0 aromatic rings. The molecule has 1 aliphatic carbocycles. The maximum Gasteiger partial charge on any atom is 0.262 e. The SMILES string of the molecule is N#C/C(C(N)=O)=C(/O)C1CC1. The van der Waals surface area contributed by atoms with Crippen LogP contribution in [0, 0.1) is 17.2 Å². The molecular weight excluding hydrogens is 144 g/mol. The number of aliphatic hydroxyl groups excluding tert-OH is 1. The zero-order chi connectivity index (χ0) is 8.43. The molecule has 0 aliphatic heterocycles. The number of nitrogens with two attached hydrogens (primary N) is 1. The van der Waals surface area contributed by atoms with Crippen molar-refractivity contribution in [3.8, 4) is 6.07 Å². The van der Waals surface area contributed by atoms with Gasteiger partial charge in [0.15, 0.2) is 5.57 Å². The largest absolute Gasteiger partial charge is 0.510 e. The van der Waals surface area contributed by atoms with Crippen molar-refractivity contribution in [1.29, 1.82) is 5.26 Å². The van der Waals surface area contributed by atoms with Gasteiger partial charge >= 0.3 is 0 Å². The lowest BCUT2D eigenvalue weighted by Gasteiger charge is -1.96. The minimum atomic E-state index is -0.850. The smallest absolute Gasteiger partial charge is 0.262 e. The van der Waals surface area contributed by atoms with Crippen LogP contribution in [0.4, 0.5) is 0 Å². The summed E-state index contributed by atoms with van der Waals surface area (Å²) in [5, 5.41) is 17.6. The standard InChI is InChI=1S/C7H8N2O2/c8-3-5(7(9)11)6(10)4-1-2-4/h4,10H,1-2H2,(H2,9,11)/b6-5-. The van der Waals surface area contributed by atoms with E-state index in [1.165, 1.54) is 0 Å². The monoisotopic (exact) mass is 152 g/mol. The number of carbonyl (C=O) groups is 1. The van der Waals surface area contributed by atoms with Crippen LogP contribution in [-0.2, 0) is 4.79 Å². The van der Waals surface area contributed by atoms with Crippen LogP contribution in [-0.4, -0.2) is 11.0 Å². The predicted molar refractivity (Wildman–Crippen MR) is 37.2 cm³/mol. The highest BCUT2D eigenvalue weighted by atomic mass is 16.3. The van der Waals surface area contributed by atoms with Crippen LogP contribution in [0.15, 0.2) is 11.3 Å². The molecule has 11 heavy (non-hydrogen) atoms. The fraction of sp³-hybridized carbons (Fsp3) is 0.429. The van der Waals surface area contributed by atoms with E-state index < -0.39 is 5.91 Å². The molecule has 4 nitrogen and oxygen atoms in total. The number of nitrogens with zero attached hydrogens (tertiary/aromatic N) is 1. The van der Waals surface area contributed by atoms with E-state index >= 15 is 0 Å². The third-order valence-corrected chi connectivity index (χ3v) is 1.58. The van der Waals surface area contributed by atoms with E-state index in [2.05, 4.69) is 0 Å². The average molecular weight is 152 g/mol. The van der Waals surface area contributed by atoms with Crippen LogP contribution in [0.1, 0.15) is 12.8 Å². The first-order valence-corrected chi connectivity index (χ1v) is 3.30. The van der Waals surface area contributed by atoms with Gasteiger partial charge < -0.3 is 10.8 Å². The van der Waals surface area contributed by atoms with Crippen LogP contribution in [0.5, 0.6) is 0 Å². The van der Waals surface area contributed by atoms with Gasteiger partial charge in [-0.15, -0.1) is 0 Å². The second kappa shape index (κ2) is 2.62. The second-order valence-corrected chi connectivity index (χ2v) is 2.51. The minimum absolute atomic E-state index is 0.00264. The van der Waals surface area contributed by atoms with E-state index in [1.807, 2.05) is 0 Å². The summed E-state index contributed by atoms with van der Waals surface area (Å²) in [4.78, 5) is 10.5. The van der Waals surface area contributed by atoms with Crippen molar-refractivity contribution in [3.05, 3.63) is 11.3 Å². The van der Waals surface area contributed by atoms with Crippen LogP contribution < -0.4 is 5.73 Å². The Morgan fingerprint density at radius 1 is 1.64 bits per heavy atom. The highest BCUT2D eigenvalue weighted by Crippen LogP contribution is 2.36. The number of allylic oxidation sites excluding steroid dienone is 1. The number of amides is 1. The van der Waals surface area contributed by atoms with Crippen molar-refractivity contribution in [1.82, 2.24) is 0 Å². The molecule has 0 atom stereocenters. The minimum Gasteiger partial charge on any atom is -0.510 e. The molecule has 1 fully saturated rings. The summed E-state index contributed by atoms with van der Waals surface area (Å²) in [6.45, 7) is 0. The Kier molecular flexibility index (Phi) is 1.81. The molecule has 0 aromatic carbocycles. The Morgan fingerprint density at radius 2 is 2.18 bits per heavy atom. The van der Waals surface area contributed by atoms with Crippen molar-refractivity contribution in [2.75, 3.05) is 0 Å². The number of nitriles is 1. The van der Waals surface area contributed by atoms with Crippen LogP contribution in [0.3, 0.4) is 0 Å². The van der Waals surface area contributed by atoms with Crippen LogP contribution in [0.25, 0.3) is 0 Å². The summed E-state index contributed by atoms with van der Waals surface area (Å²) >= 11 is 0. The van der Waals surface area contributed by atoms with Gasteiger partial charge in [0, 0.05) is 5.92 Å². The summed E-state index contributed by atoms with van der Waals surface area (Å²) in [6, 6.07) is 1.58. The fourth-order valence-corrected chi connectivity index (χ4v) is 0.799. The fourth-order valence-electron chi connectivity index (χ4n) is 0.799. The highest BCUT2D eigenvalue weighted by Gasteiger charge is 2.29. The first kappa shape index (κ1) is 7.61. The Balaban J connectivity index is 2.88. The van der Waals surface area contributed by atoms with E-state index in [-0.39, 0.29) is 17.3 Å².